The molecule has 0 saturated carbocycles. The van der Waals surface area contributed by atoms with Gasteiger partial charge in [0.1, 0.15) is 17.6 Å². The van der Waals surface area contributed by atoms with Gasteiger partial charge in [-0.3, -0.25) is 9.59 Å². The van der Waals surface area contributed by atoms with Crippen molar-refractivity contribution in [1.29, 1.82) is 0 Å². The van der Waals surface area contributed by atoms with Crippen molar-refractivity contribution in [2.75, 3.05) is 19.7 Å². The molecule has 0 aromatic heterocycles. The van der Waals surface area contributed by atoms with Crippen molar-refractivity contribution in [3.63, 3.8) is 0 Å². The van der Waals surface area contributed by atoms with Crippen molar-refractivity contribution in [3.8, 4) is 11.5 Å². The molecular weight excluding hydrogens is 426 g/mol. The van der Waals surface area contributed by atoms with Gasteiger partial charge in [-0.25, -0.2) is 4.79 Å². The molecule has 3 aliphatic rings. The van der Waals surface area contributed by atoms with E-state index in [4.69, 9.17) is 9.47 Å². The molecule has 0 spiro atoms. The second-order valence-electron chi connectivity index (χ2n) is 7.16. The fourth-order valence-corrected chi connectivity index (χ4v) is 3.37. The third-order valence-electron chi connectivity index (χ3n) is 4.96. The Morgan fingerprint density at radius 3 is 2.55 bits per heavy atom. The zero-order valence-electron chi connectivity index (χ0n) is 16.4. The van der Waals surface area contributed by atoms with Crippen molar-refractivity contribution < 1.29 is 29.0 Å². The maximum Gasteiger partial charge on any atom is 0.335 e. The van der Waals surface area contributed by atoms with Gasteiger partial charge in [0.15, 0.2) is 6.61 Å². The lowest BCUT2D eigenvalue weighted by Gasteiger charge is -2.22. The van der Waals surface area contributed by atoms with Crippen molar-refractivity contribution in [2.24, 2.45) is 0 Å². The number of fused-ring (bicyclic) bond motifs is 7. The Balaban J connectivity index is 0.00000272. The zero-order chi connectivity index (χ0) is 21.1. The molecular formula is C21H22ClN3O6. The van der Waals surface area contributed by atoms with E-state index in [1.54, 1.807) is 0 Å². The van der Waals surface area contributed by atoms with Crippen LogP contribution in [0.4, 0.5) is 0 Å². The molecule has 4 N–H and O–H groups in total. The number of halogens is 1. The van der Waals surface area contributed by atoms with E-state index in [1.807, 2.05) is 24.3 Å². The second-order valence-corrected chi connectivity index (χ2v) is 7.16. The molecule has 0 unspecified atom stereocenters. The maximum atomic E-state index is 12.8. The number of amides is 2. The first-order valence-electron chi connectivity index (χ1n) is 9.53. The highest BCUT2D eigenvalue weighted by molar-refractivity contribution is 5.98. The number of carbonyl (C=O) groups is 3. The Kier molecular flexibility index (Phi) is 6.98. The molecule has 9 nitrogen and oxygen atoms in total. The summed E-state index contributed by atoms with van der Waals surface area (Å²) in [7, 11) is 0. The second kappa shape index (κ2) is 9.67. The number of benzene rings is 2. The first kappa shape index (κ1) is 22.4. The molecule has 4 bridgehead atoms. The molecule has 2 aromatic carbocycles. The number of ether oxygens (including phenoxy) is 2. The summed E-state index contributed by atoms with van der Waals surface area (Å²) >= 11 is 0. The molecule has 0 radical (unpaired) electrons. The van der Waals surface area contributed by atoms with Crippen LogP contribution in [0.1, 0.15) is 26.3 Å². The van der Waals surface area contributed by atoms with Crippen LogP contribution in [0.25, 0.3) is 0 Å². The standard InChI is InChI=1S/C21H21N3O6.ClH/c25-19-11-29-16-6-13(5-14(7-16)21(27)28)20(26)24-17-9-22-10-18(17)30-15-3-1-12(2-4-15)8-23-19;/h1-7,17-18,22H,8-11H2,(H,23,25)(H,24,26)(H,27,28);1H/t17-,18-;/m0./s1. The molecule has 0 aliphatic carbocycles. The van der Waals surface area contributed by atoms with Crippen molar-refractivity contribution >= 4 is 30.2 Å². The molecule has 2 aromatic rings. The summed E-state index contributed by atoms with van der Waals surface area (Å²) in [4.78, 5) is 36.4. The Hall–Kier alpha value is -3.30. The van der Waals surface area contributed by atoms with Crippen LogP contribution in [0.3, 0.4) is 0 Å². The van der Waals surface area contributed by atoms with E-state index >= 15 is 0 Å². The quantitative estimate of drug-likeness (QED) is 0.513. The minimum atomic E-state index is -1.20. The maximum absolute atomic E-state index is 12.8. The van der Waals surface area contributed by atoms with E-state index in [-0.39, 0.29) is 53.9 Å². The third kappa shape index (κ3) is 5.44. The summed E-state index contributed by atoms with van der Waals surface area (Å²) in [6.07, 6.45) is -0.284. The van der Waals surface area contributed by atoms with Gasteiger partial charge in [0.25, 0.3) is 11.8 Å². The molecule has 164 valence electrons. The van der Waals surface area contributed by atoms with Crippen LogP contribution in [0.15, 0.2) is 42.5 Å². The predicted molar refractivity (Wildman–Crippen MR) is 113 cm³/mol. The van der Waals surface area contributed by atoms with Gasteiger partial charge in [0, 0.05) is 25.2 Å². The van der Waals surface area contributed by atoms with Crippen LogP contribution < -0.4 is 25.4 Å². The lowest BCUT2D eigenvalue weighted by molar-refractivity contribution is -0.123. The number of rotatable bonds is 1. The summed E-state index contributed by atoms with van der Waals surface area (Å²) in [6, 6.07) is 11.0. The number of carbonyl (C=O) groups excluding carboxylic acids is 2. The van der Waals surface area contributed by atoms with Crippen LogP contribution in [0.5, 0.6) is 11.5 Å². The minimum absolute atomic E-state index is 0. The van der Waals surface area contributed by atoms with Crippen LogP contribution >= 0.6 is 12.4 Å². The molecule has 5 rings (SSSR count). The Bertz CT molecular complexity index is 982. The summed E-state index contributed by atoms with van der Waals surface area (Å²) in [5.41, 5.74) is 0.916. The molecule has 1 fully saturated rings. The lowest BCUT2D eigenvalue weighted by atomic mass is 10.1. The van der Waals surface area contributed by atoms with Crippen LogP contribution in [-0.4, -0.2) is 54.7 Å². The summed E-state index contributed by atoms with van der Waals surface area (Å²) < 4.78 is 11.5. The molecule has 31 heavy (non-hydrogen) atoms. The molecule has 2 atom stereocenters. The average Bonchev–Trinajstić information content (AvgIpc) is 3.17. The minimum Gasteiger partial charge on any atom is -0.487 e. The third-order valence-corrected chi connectivity index (χ3v) is 4.96. The predicted octanol–water partition coefficient (Wildman–Crippen LogP) is 0.964. The van der Waals surface area contributed by atoms with E-state index in [0.29, 0.717) is 25.4 Å². The number of carboxylic acids is 1. The van der Waals surface area contributed by atoms with Gasteiger partial charge in [0.05, 0.1) is 11.6 Å². The molecule has 1 saturated heterocycles. The van der Waals surface area contributed by atoms with Gasteiger partial charge in [-0.2, -0.15) is 0 Å². The van der Waals surface area contributed by atoms with Crippen LogP contribution in [0, 0.1) is 0 Å². The highest BCUT2D eigenvalue weighted by atomic mass is 35.5. The van der Waals surface area contributed by atoms with Crippen molar-refractivity contribution in [2.45, 2.75) is 18.7 Å². The summed E-state index contributed by atoms with van der Waals surface area (Å²) in [6.45, 7) is 1.09. The van der Waals surface area contributed by atoms with Gasteiger partial charge in [0.2, 0.25) is 0 Å². The molecule has 3 aliphatic heterocycles. The van der Waals surface area contributed by atoms with Crippen molar-refractivity contribution in [1.82, 2.24) is 16.0 Å². The molecule has 3 heterocycles. The highest BCUT2D eigenvalue weighted by Crippen LogP contribution is 2.20. The lowest BCUT2D eigenvalue weighted by Crippen LogP contribution is -2.45. The number of nitrogens with one attached hydrogen (secondary N) is 3. The van der Waals surface area contributed by atoms with E-state index in [9.17, 15) is 19.5 Å². The normalized spacial score (nSPS) is 20.8. The largest absolute Gasteiger partial charge is 0.487 e. The van der Waals surface area contributed by atoms with E-state index in [2.05, 4.69) is 16.0 Å². The first-order chi connectivity index (χ1) is 14.5. The molecule has 2 amide bonds. The summed E-state index contributed by atoms with van der Waals surface area (Å²) in [5.74, 6) is -1.24. The fraction of sp³-hybridized carbons (Fsp3) is 0.286. The Morgan fingerprint density at radius 2 is 1.81 bits per heavy atom. The van der Waals surface area contributed by atoms with Crippen LogP contribution in [-0.2, 0) is 11.3 Å². The smallest absolute Gasteiger partial charge is 0.335 e. The Labute approximate surface area is 184 Å². The van der Waals surface area contributed by atoms with E-state index in [0.717, 1.165) is 5.56 Å². The van der Waals surface area contributed by atoms with Gasteiger partial charge < -0.3 is 30.5 Å². The number of carboxylic acid groups (broad SMARTS) is 1. The number of hydrogen-bond acceptors (Lipinski definition) is 6. The highest BCUT2D eigenvalue weighted by Gasteiger charge is 2.31. The number of aromatic carboxylic acids is 1. The SMILES string of the molecule is Cl.O=C1COc2cc(C(=O)O)cc(c2)C(=O)N[C@H]2CNC[C@@H]2Oc2ccc(cc2)CN1. The van der Waals surface area contributed by atoms with E-state index in [1.165, 1.54) is 18.2 Å². The van der Waals surface area contributed by atoms with Gasteiger partial charge in [-0.05, 0) is 35.9 Å². The summed E-state index contributed by atoms with van der Waals surface area (Å²) in [5, 5.41) is 18.2. The van der Waals surface area contributed by atoms with Crippen molar-refractivity contribution in [3.05, 3.63) is 59.2 Å². The Morgan fingerprint density at radius 1 is 1.03 bits per heavy atom. The van der Waals surface area contributed by atoms with E-state index < -0.39 is 11.9 Å². The number of hydrogen-bond donors (Lipinski definition) is 4. The monoisotopic (exact) mass is 447 g/mol. The van der Waals surface area contributed by atoms with Gasteiger partial charge in [-0.15, -0.1) is 12.4 Å². The topological polar surface area (TPSA) is 126 Å². The average molecular weight is 448 g/mol. The first-order valence-corrected chi connectivity index (χ1v) is 9.53. The van der Waals surface area contributed by atoms with Gasteiger partial charge in [-0.1, -0.05) is 12.1 Å². The zero-order valence-corrected chi connectivity index (χ0v) is 17.2. The fourth-order valence-electron chi connectivity index (χ4n) is 3.37. The van der Waals surface area contributed by atoms with Gasteiger partial charge >= 0.3 is 5.97 Å². The molecule has 10 heteroatoms. The van der Waals surface area contributed by atoms with Crippen LogP contribution in [0.2, 0.25) is 0 Å².